The van der Waals surface area contributed by atoms with E-state index in [0.717, 1.165) is 5.56 Å². The predicted octanol–water partition coefficient (Wildman–Crippen LogP) is 3.07. The van der Waals surface area contributed by atoms with E-state index in [-0.39, 0.29) is 17.1 Å². The molecule has 0 aliphatic carbocycles. The molecule has 0 radical (unpaired) electrons. The van der Waals surface area contributed by atoms with Gasteiger partial charge in [0, 0.05) is 5.54 Å². The number of hydrogen-bond donors (Lipinski definition) is 2. The fourth-order valence-corrected chi connectivity index (χ4v) is 2.59. The molecule has 1 aliphatic rings. The smallest absolute Gasteiger partial charge is 0.218 e. The molecule has 0 saturated carbocycles. The van der Waals surface area contributed by atoms with E-state index in [4.69, 9.17) is 4.74 Å². The molecule has 122 valence electrons. The molecule has 2 atom stereocenters. The van der Waals surface area contributed by atoms with Gasteiger partial charge in [0.05, 0.1) is 11.6 Å². The summed E-state index contributed by atoms with van der Waals surface area (Å²) in [6.45, 7) is 12.5. The van der Waals surface area contributed by atoms with Crippen molar-refractivity contribution in [3.8, 4) is 0 Å². The highest BCUT2D eigenvalue weighted by atomic mass is 16.5. The number of hydrogen-bond acceptors (Lipinski definition) is 4. The highest BCUT2D eigenvalue weighted by molar-refractivity contribution is 5.87. The lowest BCUT2D eigenvalue weighted by Crippen LogP contribution is -2.53. The zero-order valence-electron chi connectivity index (χ0n) is 14.5. The highest BCUT2D eigenvalue weighted by Crippen LogP contribution is 2.33. The van der Waals surface area contributed by atoms with Crippen molar-refractivity contribution in [2.24, 2.45) is 4.99 Å². The predicted molar refractivity (Wildman–Crippen MR) is 90.2 cm³/mol. The van der Waals surface area contributed by atoms with Gasteiger partial charge in [-0.2, -0.15) is 0 Å². The second-order valence-electron chi connectivity index (χ2n) is 7.90. The van der Waals surface area contributed by atoms with Crippen LogP contribution < -0.4 is 5.32 Å². The first kappa shape index (κ1) is 17.0. The van der Waals surface area contributed by atoms with Crippen LogP contribution in [0.2, 0.25) is 0 Å². The molecule has 0 spiro atoms. The van der Waals surface area contributed by atoms with Crippen molar-refractivity contribution in [2.45, 2.75) is 64.3 Å². The molecule has 0 bridgehead atoms. The fraction of sp³-hybridized carbons (Fsp3) is 0.611. The number of rotatable bonds is 4. The van der Waals surface area contributed by atoms with Gasteiger partial charge in [0.2, 0.25) is 5.90 Å². The van der Waals surface area contributed by atoms with Gasteiger partial charge in [-0.25, -0.2) is 4.99 Å². The molecule has 1 heterocycles. The molecular weight excluding hydrogens is 276 g/mol. The van der Waals surface area contributed by atoms with Crippen LogP contribution in [-0.2, 0) is 4.74 Å². The Hall–Kier alpha value is -1.39. The van der Waals surface area contributed by atoms with Crippen molar-refractivity contribution in [1.29, 1.82) is 0 Å². The average Bonchev–Trinajstić information content (AvgIpc) is 2.77. The molecule has 1 aliphatic heterocycles. The molecular formula is C18H28N2O2. The molecule has 0 saturated heterocycles. The third kappa shape index (κ3) is 3.87. The van der Waals surface area contributed by atoms with Crippen molar-refractivity contribution in [1.82, 2.24) is 5.32 Å². The molecule has 4 nitrogen and oxygen atoms in total. The van der Waals surface area contributed by atoms with Gasteiger partial charge >= 0.3 is 0 Å². The van der Waals surface area contributed by atoms with Crippen LogP contribution in [0.15, 0.2) is 35.3 Å². The number of nitrogens with one attached hydrogen (secondary N) is 1. The van der Waals surface area contributed by atoms with Gasteiger partial charge in [-0.05, 0) is 47.1 Å². The maximum absolute atomic E-state index is 11.2. The number of ether oxygens (including phenoxy) is 1. The third-order valence-corrected chi connectivity index (χ3v) is 3.67. The summed E-state index contributed by atoms with van der Waals surface area (Å²) in [7, 11) is 0. The number of nitrogens with zero attached hydrogens (tertiary/aromatic N) is 1. The Kier molecular flexibility index (Phi) is 4.37. The quantitative estimate of drug-likeness (QED) is 0.899. The second-order valence-corrected chi connectivity index (χ2v) is 7.90. The van der Waals surface area contributed by atoms with E-state index in [1.165, 1.54) is 0 Å². The zero-order valence-corrected chi connectivity index (χ0v) is 14.5. The van der Waals surface area contributed by atoms with Gasteiger partial charge in [0.1, 0.15) is 6.61 Å². The number of aliphatic imine (C=N–C) groups is 1. The van der Waals surface area contributed by atoms with E-state index in [2.05, 4.69) is 31.1 Å². The largest absolute Gasteiger partial charge is 0.476 e. The van der Waals surface area contributed by atoms with E-state index < -0.39 is 5.60 Å². The summed E-state index contributed by atoms with van der Waals surface area (Å²) in [6, 6.07) is 9.64. The summed E-state index contributed by atoms with van der Waals surface area (Å²) in [5.74, 6) is 0.406. The molecule has 2 rings (SSSR count). The monoisotopic (exact) mass is 304 g/mol. The van der Waals surface area contributed by atoms with Gasteiger partial charge in [-0.3, -0.25) is 0 Å². The second kappa shape index (κ2) is 5.67. The van der Waals surface area contributed by atoms with Crippen LogP contribution >= 0.6 is 0 Å². The molecule has 1 aromatic rings. The SMILES string of the molecule is CC1(C)COC([C@@](C)(O)[C@@H](NC(C)(C)C)c2ccccc2)=N1. The van der Waals surface area contributed by atoms with Gasteiger partial charge in [-0.15, -0.1) is 0 Å². The standard InChI is InChI=1S/C18H28N2O2/c1-16(2,3)19-14(13-10-8-7-9-11-13)18(6,21)15-20-17(4,5)12-22-15/h7-11,14,19,21H,12H2,1-6H3/t14-,18-/m0/s1. The van der Waals surface area contributed by atoms with Crippen LogP contribution in [0.5, 0.6) is 0 Å². The van der Waals surface area contributed by atoms with Crippen LogP contribution in [0, 0.1) is 0 Å². The van der Waals surface area contributed by atoms with Crippen molar-refractivity contribution in [3.63, 3.8) is 0 Å². The van der Waals surface area contributed by atoms with E-state index >= 15 is 0 Å². The average molecular weight is 304 g/mol. The summed E-state index contributed by atoms with van der Waals surface area (Å²) in [6.07, 6.45) is 0. The Bertz CT molecular complexity index is 542. The van der Waals surface area contributed by atoms with E-state index in [1.54, 1.807) is 6.92 Å². The molecule has 0 amide bonds. The van der Waals surface area contributed by atoms with Crippen LogP contribution in [0.3, 0.4) is 0 Å². The van der Waals surface area contributed by atoms with Gasteiger partial charge in [0.25, 0.3) is 0 Å². The zero-order chi connectivity index (χ0) is 16.6. The maximum atomic E-state index is 11.2. The Labute approximate surface area is 133 Å². The summed E-state index contributed by atoms with van der Waals surface area (Å²) >= 11 is 0. The molecule has 0 unspecified atom stereocenters. The topological polar surface area (TPSA) is 53.9 Å². The summed E-state index contributed by atoms with van der Waals surface area (Å²) < 4.78 is 5.71. The summed E-state index contributed by atoms with van der Waals surface area (Å²) in [4.78, 5) is 4.57. The lowest BCUT2D eigenvalue weighted by Gasteiger charge is -2.38. The number of benzene rings is 1. The van der Waals surface area contributed by atoms with Crippen LogP contribution in [0.25, 0.3) is 0 Å². The highest BCUT2D eigenvalue weighted by Gasteiger charge is 2.45. The van der Waals surface area contributed by atoms with E-state index in [1.807, 2.05) is 44.2 Å². The first-order valence-corrected chi connectivity index (χ1v) is 7.79. The molecule has 0 aromatic heterocycles. The first-order chi connectivity index (χ1) is 10.0. The van der Waals surface area contributed by atoms with Crippen molar-refractivity contribution in [2.75, 3.05) is 6.61 Å². The molecule has 1 aromatic carbocycles. The van der Waals surface area contributed by atoms with Gasteiger partial charge in [0.15, 0.2) is 5.60 Å². The summed E-state index contributed by atoms with van der Waals surface area (Å²) in [5.41, 5.74) is -0.650. The van der Waals surface area contributed by atoms with Crippen molar-refractivity contribution < 1.29 is 9.84 Å². The third-order valence-electron chi connectivity index (χ3n) is 3.67. The van der Waals surface area contributed by atoms with E-state index in [0.29, 0.717) is 12.5 Å². The lowest BCUT2D eigenvalue weighted by molar-refractivity contribution is 0.0511. The molecule has 22 heavy (non-hydrogen) atoms. The molecule has 0 fully saturated rings. The minimum Gasteiger partial charge on any atom is -0.476 e. The minimum absolute atomic E-state index is 0.154. The lowest BCUT2D eigenvalue weighted by atomic mass is 9.87. The first-order valence-electron chi connectivity index (χ1n) is 7.79. The normalized spacial score (nSPS) is 21.7. The Morgan fingerprint density at radius 1 is 1.18 bits per heavy atom. The van der Waals surface area contributed by atoms with Crippen molar-refractivity contribution in [3.05, 3.63) is 35.9 Å². The maximum Gasteiger partial charge on any atom is 0.218 e. The van der Waals surface area contributed by atoms with Gasteiger partial charge < -0.3 is 15.2 Å². The number of aliphatic hydroxyl groups is 1. The summed E-state index contributed by atoms with van der Waals surface area (Å²) in [5, 5.41) is 14.7. The fourth-order valence-electron chi connectivity index (χ4n) is 2.59. The van der Waals surface area contributed by atoms with E-state index in [9.17, 15) is 5.11 Å². The molecule has 4 heteroatoms. The van der Waals surface area contributed by atoms with Crippen LogP contribution in [0.4, 0.5) is 0 Å². The Morgan fingerprint density at radius 3 is 2.23 bits per heavy atom. The minimum atomic E-state index is -1.22. The Morgan fingerprint density at radius 2 is 1.77 bits per heavy atom. The van der Waals surface area contributed by atoms with Crippen LogP contribution in [0.1, 0.15) is 53.1 Å². The van der Waals surface area contributed by atoms with Gasteiger partial charge in [-0.1, -0.05) is 30.3 Å². The Balaban J connectivity index is 2.40. The molecule has 2 N–H and O–H groups in total. The van der Waals surface area contributed by atoms with Crippen LogP contribution in [-0.4, -0.2) is 34.3 Å². The van der Waals surface area contributed by atoms with Crippen molar-refractivity contribution >= 4 is 5.90 Å².